The number of carbonyl (C=O) groups excluding carboxylic acids is 2. The number of non-ortho nitro benzene ring substituents is 1. The Labute approximate surface area is 249 Å². The highest BCUT2D eigenvalue weighted by molar-refractivity contribution is 6.07. The zero-order valence-electron chi connectivity index (χ0n) is 25.0. The van der Waals surface area contributed by atoms with Crippen molar-refractivity contribution < 1.29 is 28.9 Å². The number of Topliss-reactive ketones (excluding diaryl/α,β-unsaturated/α-hetero) is 2. The highest BCUT2D eigenvalue weighted by Crippen LogP contribution is 2.55. The van der Waals surface area contributed by atoms with E-state index in [1.165, 1.54) is 6.07 Å². The minimum atomic E-state index is -0.736. The molecule has 0 unspecified atom stereocenters. The van der Waals surface area contributed by atoms with Gasteiger partial charge < -0.3 is 14.4 Å². The summed E-state index contributed by atoms with van der Waals surface area (Å²) in [4.78, 5) is 51.9. The third-order valence-electron chi connectivity index (χ3n) is 8.34. The van der Waals surface area contributed by atoms with Gasteiger partial charge in [-0.3, -0.25) is 29.8 Å². The number of nitrogens with zero attached hydrogens (tertiary/aromatic N) is 3. The Balaban J connectivity index is 1.73. The zero-order chi connectivity index (χ0) is 31.3. The minimum Gasteiger partial charge on any atom is -0.450 e. The number of nitro benzene ring substituents is 2. The van der Waals surface area contributed by atoms with Gasteiger partial charge >= 0.3 is 5.69 Å². The van der Waals surface area contributed by atoms with E-state index < -0.39 is 27.1 Å². The van der Waals surface area contributed by atoms with Crippen molar-refractivity contribution in [3.05, 3.63) is 90.8 Å². The third-order valence-corrected chi connectivity index (χ3v) is 8.34. The van der Waals surface area contributed by atoms with Crippen molar-refractivity contribution in [2.24, 2.45) is 10.8 Å². The summed E-state index contributed by atoms with van der Waals surface area (Å²) in [6, 6.07) is 10.1. The molecule has 2 aliphatic carbocycles. The SMILES string of the molecule is COCCN1C2=C(C(=O)CC(C)(C)C2)C(c2ccccc2Oc2ccc([N+](=O)[O-])cc2[N+](=O)[O-])C2=C1CC(C)(C)CC2=O. The second-order valence-electron chi connectivity index (χ2n) is 13.0. The third kappa shape index (κ3) is 5.69. The van der Waals surface area contributed by atoms with Crippen LogP contribution >= 0.6 is 0 Å². The molecule has 2 aromatic rings. The predicted octanol–water partition coefficient (Wildman–Crippen LogP) is 6.63. The highest BCUT2D eigenvalue weighted by Gasteiger charge is 2.49. The molecule has 3 aliphatic rings. The number of rotatable bonds is 8. The second kappa shape index (κ2) is 11.0. The molecule has 5 rings (SSSR count). The summed E-state index contributed by atoms with van der Waals surface area (Å²) in [6.07, 6.45) is 1.85. The molecule has 43 heavy (non-hydrogen) atoms. The van der Waals surface area contributed by atoms with E-state index in [0.29, 0.717) is 55.5 Å². The number of ketones is 2. The zero-order valence-corrected chi connectivity index (χ0v) is 25.0. The van der Waals surface area contributed by atoms with Crippen LogP contribution in [0.15, 0.2) is 65.0 Å². The summed E-state index contributed by atoms with van der Waals surface area (Å²) in [5, 5.41) is 23.1. The van der Waals surface area contributed by atoms with Crippen LogP contribution in [-0.4, -0.2) is 46.6 Å². The van der Waals surface area contributed by atoms with Gasteiger partial charge in [-0.25, -0.2) is 0 Å². The second-order valence-corrected chi connectivity index (χ2v) is 13.0. The fourth-order valence-electron chi connectivity index (χ4n) is 6.59. The first kappa shape index (κ1) is 30.1. The molecule has 11 nitrogen and oxygen atoms in total. The number of benzene rings is 2. The van der Waals surface area contributed by atoms with E-state index in [4.69, 9.17) is 9.47 Å². The predicted molar refractivity (Wildman–Crippen MR) is 158 cm³/mol. The van der Waals surface area contributed by atoms with Crippen LogP contribution in [0.2, 0.25) is 0 Å². The highest BCUT2D eigenvalue weighted by atomic mass is 16.6. The molecule has 1 heterocycles. The first-order valence-electron chi connectivity index (χ1n) is 14.2. The monoisotopic (exact) mass is 589 g/mol. The number of hydrogen-bond acceptors (Lipinski definition) is 9. The van der Waals surface area contributed by atoms with Crippen LogP contribution in [0.5, 0.6) is 11.5 Å². The van der Waals surface area contributed by atoms with Crippen molar-refractivity contribution in [3.8, 4) is 11.5 Å². The molecule has 0 radical (unpaired) electrons. The lowest BCUT2D eigenvalue weighted by molar-refractivity contribution is -0.394. The number of hydrogen-bond donors (Lipinski definition) is 0. The average Bonchev–Trinajstić information content (AvgIpc) is 2.90. The standard InChI is InChI=1S/C32H35N3O8/c1-31(2)15-22-29(24(36)17-31)28(30-23(33(22)12-13-42-5)16-32(3,4)18-25(30)37)20-8-6-7-9-26(20)43-27-11-10-19(34(38)39)14-21(27)35(40)41/h6-11,14,28H,12-13,15-18H2,1-5H3. The first-order chi connectivity index (χ1) is 20.2. The van der Waals surface area contributed by atoms with Crippen LogP contribution in [0.25, 0.3) is 0 Å². The quantitative estimate of drug-likeness (QED) is 0.245. The van der Waals surface area contributed by atoms with E-state index in [1.54, 1.807) is 31.4 Å². The van der Waals surface area contributed by atoms with E-state index in [-0.39, 0.29) is 33.9 Å². The van der Waals surface area contributed by atoms with Gasteiger partial charge in [0.25, 0.3) is 5.69 Å². The van der Waals surface area contributed by atoms with Gasteiger partial charge in [0, 0.05) is 66.6 Å². The number of nitro groups is 2. The number of methoxy groups -OCH3 is 1. The molecule has 1 aliphatic heterocycles. The lowest BCUT2D eigenvalue weighted by Gasteiger charge is -2.49. The Bertz CT molecular complexity index is 1550. The maximum absolute atomic E-state index is 14.0. The van der Waals surface area contributed by atoms with Crippen molar-refractivity contribution >= 4 is 22.9 Å². The van der Waals surface area contributed by atoms with Gasteiger partial charge in [-0.15, -0.1) is 0 Å². The minimum absolute atomic E-state index is 0.0565. The normalized spacial score (nSPS) is 19.7. The summed E-state index contributed by atoms with van der Waals surface area (Å²) in [6.45, 7) is 9.13. The lowest BCUT2D eigenvalue weighted by Crippen LogP contribution is -2.45. The van der Waals surface area contributed by atoms with Crippen molar-refractivity contribution in [2.45, 2.75) is 59.3 Å². The van der Waals surface area contributed by atoms with E-state index in [9.17, 15) is 29.8 Å². The molecular weight excluding hydrogens is 554 g/mol. The van der Waals surface area contributed by atoms with Crippen LogP contribution in [0.4, 0.5) is 11.4 Å². The summed E-state index contributed by atoms with van der Waals surface area (Å²) in [5.41, 5.74) is 1.74. The molecule has 0 amide bonds. The summed E-state index contributed by atoms with van der Waals surface area (Å²) in [5.74, 6) is -0.804. The van der Waals surface area contributed by atoms with Crippen molar-refractivity contribution in [1.29, 1.82) is 0 Å². The molecule has 0 aromatic heterocycles. The van der Waals surface area contributed by atoms with Crippen LogP contribution in [0.1, 0.15) is 64.9 Å². The summed E-state index contributed by atoms with van der Waals surface area (Å²) < 4.78 is 11.6. The van der Waals surface area contributed by atoms with Crippen LogP contribution in [-0.2, 0) is 14.3 Å². The van der Waals surface area contributed by atoms with E-state index in [1.807, 2.05) is 0 Å². The van der Waals surface area contributed by atoms with Gasteiger partial charge in [0.15, 0.2) is 11.6 Å². The molecule has 11 heteroatoms. The molecule has 0 saturated carbocycles. The first-order valence-corrected chi connectivity index (χ1v) is 14.2. The fraction of sp³-hybridized carbons (Fsp3) is 0.438. The number of para-hydroxylation sites is 1. The Morgan fingerprint density at radius 2 is 1.42 bits per heavy atom. The van der Waals surface area contributed by atoms with Crippen molar-refractivity contribution in [3.63, 3.8) is 0 Å². The van der Waals surface area contributed by atoms with E-state index in [0.717, 1.165) is 23.5 Å². The smallest absolute Gasteiger partial charge is 0.318 e. The lowest BCUT2D eigenvalue weighted by atomic mass is 9.63. The molecule has 226 valence electrons. The fourth-order valence-corrected chi connectivity index (χ4v) is 6.59. The maximum atomic E-state index is 14.0. The van der Waals surface area contributed by atoms with Gasteiger partial charge in [-0.05, 0) is 35.8 Å². The van der Waals surface area contributed by atoms with Crippen molar-refractivity contribution in [2.75, 3.05) is 20.3 Å². The Morgan fingerprint density at radius 3 is 1.95 bits per heavy atom. The van der Waals surface area contributed by atoms with Gasteiger partial charge in [0.05, 0.1) is 22.5 Å². The molecular formula is C32H35N3O8. The molecule has 0 N–H and O–H groups in total. The maximum Gasteiger partial charge on any atom is 0.318 e. The van der Waals surface area contributed by atoms with Gasteiger partial charge in [0.1, 0.15) is 5.75 Å². The van der Waals surface area contributed by atoms with Crippen LogP contribution in [0.3, 0.4) is 0 Å². The van der Waals surface area contributed by atoms with Gasteiger partial charge in [-0.1, -0.05) is 45.9 Å². The van der Waals surface area contributed by atoms with Crippen LogP contribution in [0, 0.1) is 31.1 Å². The average molecular weight is 590 g/mol. The Morgan fingerprint density at radius 1 is 0.837 bits per heavy atom. The number of allylic oxidation sites excluding steroid dienone is 4. The molecule has 2 aromatic carbocycles. The molecule has 0 spiro atoms. The molecule has 0 fully saturated rings. The summed E-state index contributed by atoms with van der Waals surface area (Å²) >= 11 is 0. The topological polar surface area (TPSA) is 142 Å². The Kier molecular flexibility index (Phi) is 7.72. The Hall–Kier alpha value is -4.38. The molecule has 0 bridgehead atoms. The number of carbonyl (C=O) groups is 2. The van der Waals surface area contributed by atoms with Crippen LogP contribution < -0.4 is 4.74 Å². The van der Waals surface area contributed by atoms with Gasteiger partial charge in [-0.2, -0.15) is 0 Å². The molecule has 0 atom stereocenters. The van der Waals surface area contributed by atoms with E-state index in [2.05, 4.69) is 32.6 Å². The number of ether oxygens (including phenoxy) is 2. The largest absolute Gasteiger partial charge is 0.450 e. The molecule has 0 saturated heterocycles. The summed E-state index contributed by atoms with van der Waals surface area (Å²) in [7, 11) is 1.62. The van der Waals surface area contributed by atoms with E-state index >= 15 is 0 Å². The van der Waals surface area contributed by atoms with Gasteiger partial charge in [0.2, 0.25) is 5.75 Å². The van der Waals surface area contributed by atoms with Crippen molar-refractivity contribution in [1.82, 2.24) is 4.90 Å².